The summed E-state index contributed by atoms with van der Waals surface area (Å²) in [4.78, 5) is 0. The van der Waals surface area contributed by atoms with Crippen molar-refractivity contribution in [3.05, 3.63) is 34.1 Å². The molecule has 0 saturated carbocycles. The Morgan fingerprint density at radius 1 is 1.44 bits per heavy atom. The second kappa shape index (κ2) is 6.12. The van der Waals surface area contributed by atoms with E-state index in [2.05, 4.69) is 21.2 Å². The highest BCUT2D eigenvalue weighted by Crippen LogP contribution is 2.19. The summed E-state index contributed by atoms with van der Waals surface area (Å²) in [5.41, 5.74) is 0.499. The molecule has 0 aliphatic carbocycles. The van der Waals surface area contributed by atoms with Gasteiger partial charge in [-0.1, -0.05) is 15.9 Å². The van der Waals surface area contributed by atoms with Crippen LogP contribution < -0.4 is 5.32 Å². The monoisotopic (exact) mass is 337 g/mol. The fourth-order valence-corrected chi connectivity index (χ4v) is 2.98. The van der Waals surface area contributed by atoms with Gasteiger partial charge in [-0.2, -0.15) is 0 Å². The van der Waals surface area contributed by atoms with E-state index in [1.807, 2.05) is 0 Å². The zero-order valence-electron chi connectivity index (χ0n) is 10.6. The molecule has 2 atom stereocenters. The van der Waals surface area contributed by atoms with Crippen LogP contribution in [0, 0.1) is 5.82 Å². The fraction of sp³-hybridized carbons (Fsp3) is 0.500. The molecule has 1 N–H and O–H groups in total. The minimum Gasteiger partial charge on any atom is -0.315 e. The lowest BCUT2D eigenvalue weighted by atomic mass is 10.0. The SMILES string of the molecule is CNC(Cc1cc(Br)ccc1F)C(C)S(C)(=O)=O. The van der Waals surface area contributed by atoms with Crippen molar-refractivity contribution >= 4 is 25.8 Å². The first kappa shape index (κ1) is 15.6. The number of likely N-dealkylation sites (N-methyl/N-ethyl adjacent to an activating group) is 1. The molecule has 18 heavy (non-hydrogen) atoms. The average Bonchev–Trinajstić information content (AvgIpc) is 2.28. The van der Waals surface area contributed by atoms with Crippen LogP contribution in [0.3, 0.4) is 0 Å². The molecule has 102 valence electrons. The summed E-state index contributed by atoms with van der Waals surface area (Å²) in [6.07, 6.45) is 1.52. The standard InChI is InChI=1S/C12H17BrFNO2S/c1-8(18(3,16)17)12(15-2)7-9-6-10(13)4-5-11(9)14/h4-6,8,12,15H,7H2,1-3H3. The zero-order chi connectivity index (χ0) is 13.9. The molecule has 0 fully saturated rings. The van der Waals surface area contributed by atoms with Crippen molar-refractivity contribution in [1.29, 1.82) is 0 Å². The van der Waals surface area contributed by atoms with Crippen molar-refractivity contribution in [3.8, 4) is 0 Å². The minimum absolute atomic E-state index is 0.316. The third-order valence-corrected chi connectivity index (χ3v) is 5.23. The Bertz CT molecular complexity index is 519. The predicted molar refractivity (Wildman–Crippen MR) is 75.0 cm³/mol. The Balaban J connectivity index is 2.96. The van der Waals surface area contributed by atoms with Crippen LogP contribution in [-0.2, 0) is 16.3 Å². The number of nitrogens with one attached hydrogen (secondary N) is 1. The molecule has 0 heterocycles. The van der Waals surface area contributed by atoms with Gasteiger partial charge in [-0.25, -0.2) is 12.8 Å². The highest BCUT2D eigenvalue weighted by molar-refractivity contribution is 9.10. The molecule has 1 aromatic carbocycles. The lowest BCUT2D eigenvalue weighted by Crippen LogP contribution is -2.42. The van der Waals surface area contributed by atoms with Gasteiger partial charge in [-0.05, 0) is 44.2 Å². The summed E-state index contributed by atoms with van der Waals surface area (Å²) in [5, 5.41) is 2.37. The van der Waals surface area contributed by atoms with Gasteiger partial charge in [-0.15, -0.1) is 0 Å². The first-order chi connectivity index (χ1) is 8.25. The fourth-order valence-electron chi connectivity index (χ4n) is 1.74. The Kier molecular flexibility index (Phi) is 5.31. The van der Waals surface area contributed by atoms with Crippen LogP contribution in [0.4, 0.5) is 4.39 Å². The van der Waals surface area contributed by atoms with Crippen molar-refractivity contribution in [1.82, 2.24) is 5.32 Å². The highest BCUT2D eigenvalue weighted by atomic mass is 79.9. The van der Waals surface area contributed by atoms with Crippen molar-refractivity contribution < 1.29 is 12.8 Å². The Hall–Kier alpha value is -0.460. The largest absolute Gasteiger partial charge is 0.315 e. The van der Waals surface area contributed by atoms with Crippen molar-refractivity contribution in [3.63, 3.8) is 0 Å². The van der Waals surface area contributed by atoms with Crippen LogP contribution in [0.2, 0.25) is 0 Å². The second-order valence-corrected chi connectivity index (χ2v) is 7.69. The first-order valence-corrected chi connectivity index (χ1v) is 8.30. The summed E-state index contributed by atoms with van der Waals surface area (Å²) >= 11 is 3.28. The molecule has 0 aliphatic heterocycles. The predicted octanol–water partition coefficient (Wildman–Crippen LogP) is 2.15. The number of hydrogen-bond donors (Lipinski definition) is 1. The average molecular weight is 338 g/mol. The molecule has 0 aromatic heterocycles. The van der Waals surface area contributed by atoms with Crippen molar-refractivity contribution in [2.45, 2.75) is 24.6 Å². The number of sulfone groups is 1. The third kappa shape index (κ3) is 4.03. The van der Waals surface area contributed by atoms with Crippen LogP contribution in [0.15, 0.2) is 22.7 Å². The molecule has 1 rings (SSSR count). The van der Waals surface area contributed by atoms with E-state index in [-0.39, 0.29) is 11.9 Å². The van der Waals surface area contributed by atoms with Crippen LogP contribution >= 0.6 is 15.9 Å². The molecule has 0 spiro atoms. The molecule has 0 amide bonds. The van der Waals surface area contributed by atoms with E-state index in [1.165, 1.54) is 12.3 Å². The van der Waals surface area contributed by atoms with Gasteiger partial charge in [0.2, 0.25) is 0 Å². The molecule has 2 unspecified atom stereocenters. The molecule has 0 aliphatic rings. The van der Waals surface area contributed by atoms with Crippen LogP contribution in [-0.4, -0.2) is 33.0 Å². The van der Waals surface area contributed by atoms with Crippen molar-refractivity contribution in [2.24, 2.45) is 0 Å². The van der Waals surface area contributed by atoms with E-state index in [9.17, 15) is 12.8 Å². The van der Waals surface area contributed by atoms with Gasteiger partial charge in [0.05, 0.1) is 5.25 Å². The van der Waals surface area contributed by atoms with Gasteiger partial charge in [0.15, 0.2) is 9.84 Å². The van der Waals surface area contributed by atoms with Gasteiger partial charge in [0, 0.05) is 16.8 Å². The molecule has 1 aromatic rings. The van der Waals surface area contributed by atoms with Crippen molar-refractivity contribution in [2.75, 3.05) is 13.3 Å². The maximum absolute atomic E-state index is 13.6. The van der Waals surface area contributed by atoms with E-state index in [0.29, 0.717) is 12.0 Å². The number of hydrogen-bond acceptors (Lipinski definition) is 3. The first-order valence-electron chi connectivity index (χ1n) is 5.55. The van der Waals surface area contributed by atoms with Crippen LogP contribution in [0.25, 0.3) is 0 Å². The van der Waals surface area contributed by atoms with Gasteiger partial charge in [-0.3, -0.25) is 0 Å². The van der Waals surface area contributed by atoms with E-state index in [0.717, 1.165) is 4.47 Å². The Labute approximate surface area is 116 Å². The van der Waals surface area contributed by atoms with Gasteiger partial charge in [0.25, 0.3) is 0 Å². The minimum atomic E-state index is -3.15. The van der Waals surface area contributed by atoms with E-state index in [1.54, 1.807) is 26.1 Å². The molecular weight excluding hydrogens is 321 g/mol. The maximum Gasteiger partial charge on any atom is 0.151 e. The lowest BCUT2D eigenvalue weighted by Gasteiger charge is -2.22. The molecular formula is C12H17BrFNO2S. The summed E-state index contributed by atoms with van der Waals surface area (Å²) < 4.78 is 37.5. The van der Waals surface area contributed by atoms with Crippen LogP contribution in [0.5, 0.6) is 0 Å². The Morgan fingerprint density at radius 3 is 2.56 bits per heavy atom. The molecule has 0 saturated heterocycles. The van der Waals surface area contributed by atoms with E-state index in [4.69, 9.17) is 0 Å². The molecule has 0 bridgehead atoms. The summed E-state index contributed by atoms with van der Waals surface area (Å²) in [6, 6.07) is 4.35. The Morgan fingerprint density at radius 2 is 2.06 bits per heavy atom. The number of benzene rings is 1. The van der Waals surface area contributed by atoms with Gasteiger partial charge >= 0.3 is 0 Å². The molecule has 3 nitrogen and oxygen atoms in total. The summed E-state index contributed by atoms with van der Waals surface area (Å²) in [7, 11) is -1.47. The topological polar surface area (TPSA) is 46.2 Å². The number of rotatable bonds is 5. The van der Waals surface area contributed by atoms with Gasteiger partial charge in [0.1, 0.15) is 5.82 Å². The van der Waals surface area contributed by atoms with E-state index < -0.39 is 15.1 Å². The zero-order valence-corrected chi connectivity index (χ0v) is 13.0. The lowest BCUT2D eigenvalue weighted by molar-refractivity contribution is 0.504. The maximum atomic E-state index is 13.6. The molecule has 0 radical (unpaired) electrons. The highest BCUT2D eigenvalue weighted by Gasteiger charge is 2.25. The summed E-state index contributed by atoms with van der Waals surface area (Å²) in [6.45, 7) is 1.63. The third-order valence-electron chi connectivity index (χ3n) is 3.06. The van der Waals surface area contributed by atoms with Gasteiger partial charge < -0.3 is 5.32 Å². The van der Waals surface area contributed by atoms with Crippen LogP contribution in [0.1, 0.15) is 12.5 Å². The van der Waals surface area contributed by atoms with E-state index >= 15 is 0 Å². The quantitative estimate of drug-likeness (QED) is 0.895. The smallest absolute Gasteiger partial charge is 0.151 e. The summed E-state index contributed by atoms with van der Waals surface area (Å²) in [5.74, 6) is -0.320. The normalized spacial score (nSPS) is 15.4. The molecule has 6 heteroatoms. The second-order valence-electron chi connectivity index (χ2n) is 4.37. The number of halogens is 2.